The van der Waals surface area contributed by atoms with Gasteiger partial charge in [-0.1, -0.05) is 43.2 Å². The second kappa shape index (κ2) is 7.55. The fraction of sp³-hybridized carbons (Fsp3) is 0.476. The zero-order valence-corrected chi connectivity index (χ0v) is 15.8. The smallest absolute Gasteiger partial charge is 0.250 e. The monoisotopic (exact) mass is 374 g/mol. The van der Waals surface area contributed by atoms with Crippen LogP contribution in [0.4, 0.5) is 0 Å². The van der Waals surface area contributed by atoms with Crippen molar-refractivity contribution < 1.29 is 5.11 Å². The van der Waals surface area contributed by atoms with Crippen molar-refractivity contribution in [2.45, 2.75) is 44.2 Å². The Balaban J connectivity index is 0.00000196. The number of hydrogen-bond donors (Lipinski definition) is 2. The first-order valence-electron chi connectivity index (χ1n) is 9.31. The summed E-state index contributed by atoms with van der Waals surface area (Å²) in [7, 11) is 0. The summed E-state index contributed by atoms with van der Waals surface area (Å²) in [6, 6.07) is 13.6. The molecule has 0 bridgehead atoms. The van der Waals surface area contributed by atoms with E-state index in [9.17, 15) is 9.90 Å². The topological polar surface area (TPSA) is 54.3 Å². The SMILES string of the molecule is Cl.O=c1ccc(-c2ccccc2)cn1CC1(O)CCNCC12CCCC2. The summed E-state index contributed by atoms with van der Waals surface area (Å²) in [5, 5.41) is 15.0. The number of aliphatic hydroxyl groups is 1. The second-order valence-electron chi connectivity index (χ2n) is 7.70. The van der Waals surface area contributed by atoms with Crippen molar-refractivity contribution in [1.29, 1.82) is 0 Å². The first-order valence-corrected chi connectivity index (χ1v) is 9.31. The van der Waals surface area contributed by atoms with Gasteiger partial charge in [0.2, 0.25) is 0 Å². The lowest BCUT2D eigenvalue weighted by molar-refractivity contribution is -0.115. The maximum absolute atomic E-state index is 12.5. The summed E-state index contributed by atoms with van der Waals surface area (Å²) < 4.78 is 1.72. The van der Waals surface area contributed by atoms with Crippen LogP contribution in [0.15, 0.2) is 53.5 Å². The molecule has 26 heavy (non-hydrogen) atoms. The Kier molecular flexibility index (Phi) is 5.56. The van der Waals surface area contributed by atoms with Crippen molar-refractivity contribution in [3.8, 4) is 11.1 Å². The van der Waals surface area contributed by atoms with E-state index in [0.29, 0.717) is 13.0 Å². The molecular weight excluding hydrogens is 348 g/mol. The zero-order chi connectivity index (χ0) is 17.3. The number of halogens is 1. The van der Waals surface area contributed by atoms with Gasteiger partial charge in [0, 0.05) is 24.2 Å². The third-order valence-electron chi connectivity index (χ3n) is 6.25. The van der Waals surface area contributed by atoms with Gasteiger partial charge in [-0.25, -0.2) is 0 Å². The van der Waals surface area contributed by atoms with Crippen LogP contribution in [0.2, 0.25) is 0 Å². The zero-order valence-electron chi connectivity index (χ0n) is 15.0. The van der Waals surface area contributed by atoms with Crippen LogP contribution in [-0.4, -0.2) is 28.4 Å². The molecule has 0 amide bonds. The molecule has 2 aliphatic rings. The van der Waals surface area contributed by atoms with E-state index in [0.717, 1.165) is 37.1 Å². The molecule has 4 rings (SSSR count). The molecule has 1 aromatic heterocycles. The molecule has 1 atom stereocenters. The third kappa shape index (κ3) is 3.34. The molecule has 1 aliphatic heterocycles. The van der Waals surface area contributed by atoms with Gasteiger partial charge in [-0.3, -0.25) is 4.79 Å². The van der Waals surface area contributed by atoms with Crippen LogP contribution in [0.3, 0.4) is 0 Å². The number of pyridine rings is 1. The highest BCUT2D eigenvalue weighted by Gasteiger charge is 2.53. The summed E-state index contributed by atoms with van der Waals surface area (Å²) >= 11 is 0. The molecular formula is C21H27ClN2O2. The highest BCUT2D eigenvalue weighted by Crippen LogP contribution is 2.49. The normalized spacial score (nSPS) is 24.3. The molecule has 1 unspecified atom stereocenters. The van der Waals surface area contributed by atoms with Crippen LogP contribution < -0.4 is 10.9 Å². The van der Waals surface area contributed by atoms with Crippen molar-refractivity contribution >= 4 is 12.4 Å². The molecule has 2 N–H and O–H groups in total. The number of nitrogens with zero attached hydrogens (tertiary/aromatic N) is 1. The largest absolute Gasteiger partial charge is 0.387 e. The average molecular weight is 375 g/mol. The number of piperidine rings is 1. The van der Waals surface area contributed by atoms with E-state index in [4.69, 9.17) is 0 Å². The predicted molar refractivity (Wildman–Crippen MR) is 107 cm³/mol. The van der Waals surface area contributed by atoms with Crippen LogP contribution in [0.25, 0.3) is 11.1 Å². The number of nitrogens with one attached hydrogen (secondary N) is 1. The van der Waals surface area contributed by atoms with Gasteiger partial charge in [-0.05, 0) is 43.0 Å². The van der Waals surface area contributed by atoms with E-state index in [1.54, 1.807) is 10.6 Å². The third-order valence-corrected chi connectivity index (χ3v) is 6.25. The highest BCUT2D eigenvalue weighted by molar-refractivity contribution is 5.85. The minimum atomic E-state index is -0.812. The molecule has 1 aromatic carbocycles. The number of aromatic nitrogens is 1. The Bertz CT molecular complexity index is 799. The Labute approximate surface area is 160 Å². The van der Waals surface area contributed by atoms with Crippen molar-refractivity contribution in [2.75, 3.05) is 13.1 Å². The van der Waals surface area contributed by atoms with E-state index < -0.39 is 5.60 Å². The molecule has 2 heterocycles. The number of benzene rings is 1. The van der Waals surface area contributed by atoms with Crippen LogP contribution in [-0.2, 0) is 6.54 Å². The minimum Gasteiger partial charge on any atom is -0.387 e. The van der Waals surface area contributed by atoms with Gasteiger partial charge < -0.3 is 15.0 Å². The summed E-state index contributed by atoms with van der Waals surface area (Å²) in [6.45, 7) is 2.05. The number of rotatable bonds is 3. The lowest BCUT2D eigenvalue weighted by Crippen LogP contribution is -2.60. The first-order chi connectivity index (χ1) is 12.1. The lowest BCUT2D eigenvalue weighted by Gasteiger charge is -2.49. The Morgan fingerprint density at radius 3 is 2.46 bits per heavy atom. The minimum absolute atomic E-state index is 0. The fourth-order valence-electron chi connectivity index (χ4n) is 4.73. The Hall–Kier alpha value is -1.62. The highest BCUT2D eigenvalue weighted by atomic mass is 35.5. The molecule has 5 heteroatoms. The van der Waals surface area contributed by atoms with Crippen molar-refractivity contribution in [2.24, 2.45) is 5.41 Å². The van der Waals surface area contributed by atoms with Gasteiger partial charge in [-0.2, -0.15) is 0 Å². The fourth-order valence-corrected chi connectivity index (χ4v) is 4.73. The summed E-state index contributed by atoms with van der Waals surface area (Å²) in [6.07, 6.45) is 7.04. The molecule has 2 aromatic rings. The Morgan fingerprint density at radius 2 is 1.73 bits per heavy atom. The second-order valence-corrected chi connectivity index (χ2v) is 7.70. The predicted octanol–water partition coefficient (Wildman–Crippen LogP) is 3.22. The average Bonchev–Trinajstić information content (AvgIpc) is 3.11. The van der Waals surface area contributed by atoms with Gasteiger partial charge in [0.05, 0.1) is 12.1 Å². The van der Waals surface area contributed by atoms with E-state index in [1.807, 2.05) is 42.6 Å². The molecule has 1 saturated heterocycles. The molecule has 0 radical (unpaired) electrons. The van der Waals surface area contributed by atoms with Crippen LogP contribution in [0.5, 0.6) is 0 Å². The molecule has 2 fully saturated rings. The van der Waals surface area contributed by atoms with E-state index in [2.05, 4.69) is 5.32 Å². The van der Waals surface area contributed by atoms with Gasteiger partial charge >= 0.3 is 0 Å². The summed E-state index contributed by atoms with van der Waals surface area (Å²) in [4.78, 5) is 12.5. The van der Waals surface area contributed by atoms with E-state index in [1.165, 1.54) is 12.8 Å². The van der Waals surface area contributed by atoms with E-state index >= 15 is 0 Å². The molecule has 1 saturated carbocycles. The quantitative estimate of drug-likeness (QED) is 0.867. The van der Waals surface area contributed by atoms with Crippen LogP contribution in [0.1, 0.15) is 32.1 Å². The maximum atomic E-state index is 12.5. The van der Waals surface area contributed by atoms with Crippen molar-refractivity contribution in [3.63, 3.8) is 0 Å². The van der Waals surface area contributed by atoms with Gasteiger partial charge in [0.25, 0.3) is 5.56 Å². The standard InChI is InChI=1S/C21H26N2O2.ClH/c24-19-9-8-18(17-6-2-1-3-7-17)14-23(19)16-21(25)12-13-22-15-20(21)10-4-5-11-20;/h1-3,6-9,14,22,25H,4-5,10-13,15-16H2;1H. The summed E-state index contributed by atoms with van der Waals surface area (Å²) in [5.41, 5.74) is 1.16. The van der Waals surface area contributed by atoms with E-state index in [-0.39, 0.29) is 23.4 Å². The maximum Gasteiger partial charge on any atom is 0.250 e. The lowest BCUT2D eigenvalue weighted by atomic mass is 9.66. The molecule has 1 spiro atoms. The van der Waals surface area contributed by atoms with Gasteiger partial charge in [0.1, 0.15) is 0 Å². The molecule has 140 valence electrons. The first kappa shape index (κ1) is 19.2. The van der Waals surface area contributed by atoms with Gasteiger partial charge in [-0.15, -0.1) is 12.4 Å². The van der Waals surface area contributed by atoms with Crippen LogP contribution >= 0.6 is 12.4 Å². The number of hydrogen-bond acceptors (Lipinski definition) is 3. The Morgan fingerprint density at radius 1 is 1.00 bits per heavy atom. The molecule has 1 aliphatic carbocycles. The summed E-state index contributed by atoms with van der Waals surface area (Å²) in [5.74, 6) is 0. The molecule has 4 nitrogen and oxygen atoms in total. The van der Waals surface area contributed by atoms with Crippen LogP contribution in [0, 0.1) is 5.41 Å². The van der Waals surface area contributed by atoms with Gasteiger partial charge in [0.15, 0.2) is 0 Å². The van der Waals surface area contributed by atoms with Crippen molar-refractivity contribution in [3.05, 3.63) is 59.0 Å². The van der Waals surface area contributed by atoms with Crippen molar-refractivity contribution in [1.82, 2.24) is 9.88 Å².